The summed E-state index contributed by atoms with van der Waals surface area (Å²) in [4.78, 5) is 67.7. The summed E-state index contributed by atoms with van der Waals surface area (Å²) in [7, 11) is 1.24. The van der Waals surface area contributed by atoms with Crippen molar-refractivity contribution in [2.75, 3.05) is 13.7 Å². The molecule has 12 heteroatoms. The number of esters is 1. The maximum Gasteiger partial charge on any atom is 0.411 e. The van der Waals surface area contributed by atoms with E-state index in [1.807, 2.05) is 91.0 Å². The van der Waals surface area contributed by atoms with Crippen LogP contribution in [0.25, 0.3) is 0 Å². The minimum Gasteiger partial charge on any atom is -0.467 e. The van der Waals surface area contributed by atoms with Crippen molar-refractivity contribution in [1.29, 1.82) is 0 Å². The first-order valence-corrected chi connectivity index (χ1v) is 16.1. The fourth-order valence-electron chi connectivity index (χ4n) is 5.43. The highest BCUT2D eigenvalue weighted by molar-refractivity contribution is 5.93. The molecule has 0 saturated carbocycles. The van der Waals surface area contributed by atoms with Crippen LogP contribution in [0.3, 0.4) is 0 Å². The second-order valence-corrected chi connectivity index (χ2v) is 12.8. The van der Waals surface area contributed by atoms with Gasteiger partial charge in [0.05, 0.1) is 13.2 Å². The van der Waals surface area contributed by atoms with Gasteiger partial charge in [0, 0.05) is 19.4 Å². The molecule has 1 aliphatic heterocycles. The summed E-state index contributed by atoms with van der Waals surface area (Å²) in [5.41, 5.74) is 1.52. The fraction of sp³-hybridized carbons (Fsp3) is 0.378. The minimum atomic E-state index is -1.12. The van der Waals surface area contributed by atoms with Crippen LogP contribution in [-0.2, 0) is 48.0 Å². The van der Waals surface area contributed by atoms with Crippen molar-refractivity contribution >= 4 is 30.0 Å². The minimum absolute atomic E-state index is 0.0233. The SMILES string of the molecule is COC(=O)[C@@H](Cc1ccccc1)NC(=O)[C@H](Cc1ccccc1)NC(=O)[C@@H]1C[C@H](NC(=O)OCc2ccccc2)CN1C(=O)OC(C)(C)C. The van der Waals surface area contributed by atoms with E-state index in [0.717, 1.165) is 16.7 Å². The molecule has 4 rings (SSSR count). The number of ether oxygens (including phenoxy) is 3. The number of nitrogens with one attached hydrogen (secondary N) is 3. The molecule has 0 spiro atoms. The van der Waals surface area contributed by atoms with Crippen molar-refractivity contribution in [2.45, 2.75) is 76.4 Å². The van der Waals surface area contributed by atoms with Gasteiger partial charge in [0.2, 0.25) is 11.8 Å². The molecule has 0 radical (unpaired) electrons. The Labute approximate surface area is 286 Å². The molecule has 1 saturated heterocycles. The van der Waals surface area contributed by atoms with E-state index in [2.05, 4.69) is 16.0 Å². The summed E-state index contributed by atoms with van der Waals surface area (Å²) in [6.45, 7) is 5.15. The van der Waals surface area contributed by atoms with Crippen LogP contribution in [0.15, 0.2) is 91.0 Å². The van der Waals surface area contributed by atoms with Gasteiger partial charge in [-0.25, -0.2) is 14.4 Å². The number of methoxy groups -OCH3 is 1. The predicted molar refractivity (Wildman–Crippen MR) is 181 cm³/mol. The third-order valence-electron chi connectivity index (χ3n) is 7.77. The zero-order valence-electron chi connectivity index (χ0n) is 28.2. The molecule has 4 amide bonds. The van der Waals surface area contributed by atoms with Crippen LogP contribution < -0.4 is 16.0 Å². The number of alkyl carbamates (subject to hydrolysis) is 1. The molecule has 1 fully saturated rings. The maximum atomic E-state index is 14.0. The van der Waals surface area contributed by atoms with Crippen LogP contribution in [-0.4, -0.2) is 78.3 Å². The fourth-order valence-corrected chi connectivity index (χ4v) is 5.43. The topological polar surface area (TPSA) is 152 Å². The van der Waals surface area contributed by atoms with E-state index in [1.165, 1.54) is 12.0 Å². The van der Waals surface area contributed by atoms with Crippen molar-refractivity contribution in [1.82, 2.24) is 20.9 Å². The first kappa shape index (κ1) is 36.4. The van der Waals surface area contributed by atoms with E-state index in [1.54, 1.807) is 20.8 Å². The van der Waals surface area contributed by atoms with Gasteiger partial charge in [0.15, 0.2) is 0 Å². The third-order valence-corrected chi connectivity index (χ3v) is 7.77. The van der Waals surface area contributed by atoms with Crippen LogP contribution in [0.1, 0.15) is 43.9 Å². The van der Waals surface area contributed by atoms with Crippen LogP contribution in [0, 0.1) is 0 Å². The zero-order chi connectivity index (χ0) is 35.4. The molecule has 0 aliphatic carbocycles. The molecular formula is C37H44N4O8. The van der Waals surface area contributed by atoms with Crippen LogP contribution in [0.2, 0.25) is 0 Å². The van der Waals surface area contributed by atoms with E-state index < -0.39 is 59.7 Å². The second kappa shape index (κ2) is 17.1. The lowest BCUT2D eigenvalue weighted by molar-refractivity contribution is -0.145. The normalized spacial score (nSPS) is 16.9. The molecule has 3 N–H and O–H groups in total. The van der Waals surface area contributed by atoms with Crippen LogP contribution >= 0.6 is 0 Å². The summed E-state index contributed by atoms with van der Waals surface area (Å²) in [5.74, 6) is -1.87. The van der Waals surface area contributed by atoms with Gasteiger partial charge in [-0.15, -0.1) is 0 Å². The molecule has 12 nitrogen and oxygen atoms in total. The summed E-state index contributed by atoms with van der Waals surface area (Å²) < 4.78 is 15.9. The third kappa shape index (κ3) is 11.4. The van der Waals surface area contributed by atoms with Gasteiger partial charge in [-0.2, -0.15) is 0 Å². The van der Waals surface area contributed by atoms with Gasteiger partial charge in [-0.3, -0.25) is 14.5 Å². The van der Waals surface area contributed by atoms with E-state index >= 15 is 0 Å². The van der Waals surface area contributed by atoms with Gasteiger partial charge in [-0.1, -0.05) is 91.0 Å². The quantitative estimate of drug-likeness (QED) is 0.194. The number of carbonyl (C=O) groups excluding carboxylic acids is 5. The largest absolute Gasteiger partial charge is 0.467 e. The lowest BCUT2D eigenvalue weighted by Crippen LogP contribution is -2.56. The van der Waals surface area contributed by atoms with Crippen LogP contribution in [0.5, 0.6) is 0 Å². The highest BCUT2D eigenvalue weighted by Crippen LogP contribution is 2.23. The number of benzene rings is 3. The smallest absolute Gasteiger partial charge is 0.411 e. The molecule has 0 bridgehead atoms. The van der Waals surface area contributed by atoms with Crippen molar-refractivity contribution in [3.05, 3.63) is 108 Å². The Bertz CT molecular complexity index is 1560. The highest BCUT2D eigenvalue weighted by Gasteiger charge is 2.43. The Morgan fingerprint density at radius 3 is 1.84 bits per heavy atom. The van der Waals surface area contributed by atoms with Crippen LogP contribution in [0.4, 0.5) is 9.59 Å². The van der Waals surface area contributed by atoms with Gasteiger partial charge in [0.1, 0.15) is 30.3 Å². The highest BCUT2D eigenvalue weighted by atomic mass is 16.6. The van der Waals surface area contributed by atoms with Gasteiger partial charge < -0.3 is 30.2 Å². The van der Waals surface area contributed by atoms with Crippen molar-refractivity contribution in [3.8, 4) is 0 Å². The molecule has 3 aromatic rings. The zero-order valence-corrected chi connectivity index (χ0v) is 28.2. The Morgan fingerprint density at radius 1 is 0.776 bits per heavy atom. The lowest BCUT2D eigenvalue weighted by Gasteiger charge is -2.29. The summed E-state index contributed by atoms with van der Waals surface area (Å²) >= 11 is 0. The number of hydrogen-bond acceptors (Lipinski definition) is 8. The number of carbonyl (C=O) groups is 5. The Kier molecular flexibility index (Phi) is 12.7. The van der Waals surface area contributed by atoms with Crippen molar-refractivity contribution < 1.29 is 38.2 Å². The molecule has 1 heterocycles. The molecule has 0 unspecified atom stereocenters. The van der Waals surface area contributed by atoms with E-state index in [9.17, 15) is 24.0 Å². The predicted octanol–water partition coefficient (Wildman–Crippen LogP) is 3.92. The molecule has 260 valence electrons. The Balaban J connectivity index is 1.51. The summed E-state index contributed by atoms with van der Waals surface area (Å²) in [5, 5.41) is 8.30. The van der Waals surface area contributed by atoms with E-state index in [0.29, 0.717) is 0 Å². The number of likely N-dealkylation sites (tertiary alicyclic amines) is 1. The van der Waals surface area contributed by atoms with E-state index in [4.69, 9.17) is 14.2 Å². The monoisotopic (exact) mass is 672 g/mol. The number of rotatable bonds is 12. The number of hydrogen-bond donors (Lipinski definition) is 3. The van der Waals surface area contributed by atoms with Gasteiger partial charge in [-0.05, 0) is 43.9 Å². The molecule has 49 heavy (non-hydrogen) atoms. The molecule has 4 atom stereocenters. The first-order valence-electron chi connectivity index (χ1n) is 16.1. The standard InChI is InChI=1S/C37H44N4O8/c1-37(2,3)49-36(46)41-23-28(38-35(45)48-24-27-18-12-7-13-19-27)22-31(41)33(43)39-29(20-25-14-8-5-9-15-25)32(42)40-30(34(44)47-4)21-26-16-10-6-11-17-26/h5-19,28-31H,20-24H2,1-4H3,(H,38,45)(H,39,43)(H,40,42)/t28-,29-,30+,31-/m0/s1. The maximum absolute atomic E-state index is 14.0. The Hall–Kier alpha value is -5.39. The average Bonchev–Trinajstić information content (AvgIpc) is 3.51. The van der Waals surface area contributed by atoms with Crippen molar-refractivity contribution in [3.63, 3.8) is 0 Å². The molecule has 0 aromatic heterocycles. The van der Waals surface area contributed by atoms with Gasteiger partial charge >= 0.3 is 18.2 Å². The van der Waals surface area contributed by atoms with Gasteiger partial charge in [0.25, 0.3) is 0 Å². The lowest BCUT2D eigenvalue weighted by atomic mass is 10.0. The molecule has 1 aliphatic rings. The number of amides is 4. The van der Waals surface area contributed by atoms with Crippen molar-refractivity contribution in [2.24, 2.45) is 0 Å². The molecule has 3 aromatic carbocycles. The summed E-state index contributed by atoms with van der Waals surface area (Å²) in [6, 6.07) is 23.6. The van der Waals surface area contributed by atoms with E-state index in [-0.39, 0.29) is 32.4 Å². The molecular weight excluding hydrogens is 628 g/mol. The summed E-state index contributed by atoms with van der Waals surface area (Å²) in [6.07, 6.45) is -1.12. The Morgan fingerprint density at radius 2 is 1.31 bits per heavy atom. The first-order chi connectivity index (χ1) is 23.4. The second-order valence-electron chi connectivity index (χ2n) is 12.8. The number of nitrogens with zero attached hydrogens (tertiary/aromatic N) is 1. The average molecular weight is 673 g/mol.